The molecule has 9 heteroatoms. The smallest absolute Gasteiger partial charge is 0.281 e. The van der Waals surface area contributed by atoms with E-state index in [0.717, 1.165) is 18.4 Å². The molecule has 2 aromatic rings. The van der Waals surface area contributed by atoms with E-state index in [1.807, 2.05) is 0 Å². The van der Waals surface area contributed by atoms with Gasteiger partial charge in [-0.1, -0.05) is 6.07 Å². The Kier molecular flexibility index (Phi) is 3.49. The van der Waals surface area contributed by atoms with Gasteiger partial charge in [-0.25, -0.2) is 9.71 Å². The van der Waals surface area contributed by atoms with Crippen LogP contribution in [-0.2, 0) is 33.2 Å². The third-order valence-corrected chi connectivity index (χ3v) is 6.29. The molecule has 1 aromatic heterocycles. The molecule has 0 atom stereocenters. The Morgan fingerprint density at radius 2 is 2.12 bits per heavy atom. The summed E-state index contributed by atoms with van der Waals surface area (Å²) < 4.78 is 28.8. The number of aromatic nitrogens is 2. The van der Waals surface area contributed by atoms with Crippen molar-refractivity contribution < 1.29 is 18.0 Å². The first kappa shape index (κ1) is 16.8. The lowest BCUT2D eigenvalue weighted by atomic mass is 9.86. The van der Waals surface area contributed by atoms with E-state index in [-0.39, 0.29) is 16.5 Å². The van der Waals surface area contributed by atoms with Gasteiger partial charge in [0.05, 0.1) is 11.6 Å². The molecule has 2 amide bonds. The van der Waals surface area contributed by atoms with Gasteiger partial charge in [0.15, 0.2) is 5.03 Å². The number of carbonyl (C=O) groups is 2. The second-order valence-corrected chi connectivity index (χ2v) is 8.67. The molecule has 0 saturated carbocycles. The molecule has 0 fully saturated rings. The van der Waals surface area contributed by atoms with E-state index < -0.39 is 21.3 Å². The first-order valence-corrected chi connectivity index (χ1v) is 9.76. The van der Waals surface area contributed by atoms with Gasteiger partial charge >= 0.3 is 0 Å². The highest BCUT2D eigenvalue weighted by Crippen LogP contribution is 2.37. The summed E-state index contributed by atoms with van der Waals surface area (Å²) in [5.74, 6) is -0.201. The summed E-state index contributed by atoms with van der Waals surface area (Å²) >= 11 is 0. The van der Waals surface area contributed by atoms with E-state index in [1.54, 1.807) is 24.5 Å². The summed E-state index contributed by atoms with van der Waals surface area (Å²) in [6, 6.07) is 4.69. The van der Waals surface area contributed by atoms with E-state index in [9.17, 15) is 18.0 Å². The van der Waals surface area contributed by atoms with Crippen LogP contribution in [0.4, 0.5) is 5.69 Å². The van der Waals surface area contributed by atoms with Crippen LogP contribution < -0.4 is 10.0 Å². The zero-order valence-corrected chi connectivity index (χ0v) is 15.2. The van der Waals surface area contributed by atoms with Crippen LogP contribution in [0.5, 0.6) is 0 Å². The molecule has 2 aliphatic heterocycles. The Hall–Kier alpha value is -2.68. The lowest BCUT2D eigenvalue weighted by molar-refractivity contribution is -0.119. The number of anilines is 1. The second kappa shape index (κ2) is 5.41. The van der Waals surface area contributed by atoms with Crippen molar-refractivity contribution in [2.75, 3.05) is 5.32 Å². The number of carbonyl (C=O) groups excluding carboxylic acids is 2. The fourth-order valence-corrected chi connectivity index (χ4v) is 4.56. The Morgan fingerprint density at radius 1 is 1.35 bits per heavy atom. The SMILES string of the molecule is CC1(C)C(=O)Nc2cc(C(=O)NS(=O)(=O)c3cnc4n3CCC4)ccc21. The minimum Gasteiger partial charge on any atom is -0.325 e. The normalized spacial score (nSPS) is 17.5. The lowest BCUT2D eigenvalue weighted by Crippen LogP contribution is -2.32. The molecule has 0 saturated heterocycles. The number of nitrogens with zero attached hydrogens (tertiary/aromatic N) is 2. The largest absolute Gasteiger partial charge is 0.325 e. The number of nitrogens with one attached hydrogen (secondary N) is 2. The number of imidazole rings is 1. The van der Waals surface area contributed by atoms with Crippen molar-refractivity contribution in [2.24, 2.45) is 0 Å². The van der Waals surface area contributed by atoms with E-state index in [2.05, 4.69) is 15.0 Å². The van der Waals surface area contributed by atoms with Crippen LogP contribution in [0.25, 0.3) is 0 Å². The number of hydrogen-bond donors (Lipinski definition) is 2. The van der Waals surface area contributed by atoms with E-state index in [0.29, 0.717) is 18.1 Å². The summed E-state index contributed by atoms with van der Waals surface area (Å²) in [6.45, 7) is 4.15. The van der Waals surface area contributed by atoms with Gasteiger partial charge in [0.1, 0.15) is 5.82 Å². The Bertz CT molecular complexity index is 1050. The van der Waals surface area contributed by atoms with Crippen LogP contribution in [0.2, 0.25) is 0 Å². The first-order valence-electron chi connectivity index (χ1n) is 8.28. The predicted octanol–water partition coefficient (Wildman–Crippen LogP) is 1.18. The maximum absolute atomic E-state index is 12.6. The molecule has 0 unspecified atom stereocenters. The Morgan fingerprint density at radius 3 is 2.88 bits per heavy atom. The molecule has 2 aliphatic rings. The average Bonchev–Trinajstić information content (AvgIpc) is 3.21. The van der Waals surface area contributed by atoms with E-state index in [1.165, 1.54) is 18.3 Å². The van der Waals surface area contributed by atoms with Crippen molar-refractivity contribution in [2.45, 2.75) is 43.7 Å². The number of hydrogen-bond acceptors (Lipinski definition) is 5. The monoisotopic (exact) mass is 374 g/mol. The molecule has 0 aliphatic carbocycles. The molecule has 4 rings (SSSR count). The zero-order valence-electron chi connectivity index (χ0n) is 14.4. The second-order valence-electron chi connectivity index (χ2n) is 7.04. The van der Waals surface area contributed by atoms with Crippen molar-refractivity contribution >= 4 is 27.5 Å². The van der Waals surface area contributed by atoms with Crippen LogP contribution in [0.15, 0.2) is 29.4 Å². The van der Waals surface area contributed by atoms with Gasteiger partial charge in [-0.15, -0.1) is 0 Å². The molecular weight excluding hydrogens is 356 g/mol. The third-order valence-electron chi connectivity index (χ3n) is 4.96. The van der Waals surface area contributed by atoms with Crippen LogP contribution in [0, 0.1) is 0 Å². The summed E-state index contributed by atoms with van der Waals surface area (Å²) in [7, 11) is -4.02. The molecule has 3 heterocycles. The molecule has 2 N–H and O–H groups in total. The molecule has 8 nitrogen and oxygen atoms in total. The summed E-state index contributed by atoms with van der Waals surface area (Å²) in [5.41, 5.74) is 0.770. The quantitative estimate of drug-likeness (QED) is 0.838. The number of fused-ring (bicyclic) bond motifs is 2. The lowest BCUT2D eigenvalue weighted by Gasteiger charge is -2.15. The van der Waals surface area contributed by atoms with Crippen molar-refractivity contribution in [1.29, 1.82) is 0 Å². The Labute approximate surface area is 150 Å². The first-order chi connectivity index (χ1) is 12.2. The van der Waals surface area contributed by atoms with E-state index in [4.69, 9.17) is 0 Å². The van der Waals surface area contributed by atoms with Crippen molar-refractivity contribution in [3.05, 3.63) is 41.3 Å². The molecule has 0 radical (unpaired) electrons. The standard InChI is InChI=1S/C17H18N4O4S/c1-17(2)11-6-5-10(8-12(11)19-16(17)23)15(22)20-26(24,25)14-9-18-13-4-3-7-21(13)14/h5-6,8-9H,3-4,7H2,1-2H3,(H,19,23)(H,20,22). The molecule has 0 bridgehead atoms. The maximum Gasteiger partial charge on any atom is 0.281 e. The molecule has 136 valence electrons. The molecule has 0 spiro atoms. The van der Waals surface area contributed by atoms with Crippen molar-refractivity contribution in [3.63, 3.8) is 0 Å². The molecule has 26 heavy (non-hydrogen) atoms. The number of amides is 2. The van der Waals surface area contributed by atoms with E-state index >= 15 is 0 Å². The fraction of sp³-hybridized carbons (Fsp3) is 0.353. The highest BCUT2D eigenvalue weighted by molar-refractivity contribution is 7.90. The molecular formula is C17H18N4O4S. The van der Waals surface area contributed by atoms with Gasteiger partial charge in [0.2, 0.25) is 5.91 Å². The number of aryl methyl sites for hydroxylation is 1. The van der Waals surface area contributed by atoms with Gasteiger partial charge in [-0.3, -0.25) is 9.59 Å². The van der Waals surface area contributed by atoms with Crippen LogP contribution in [0.3, 0.4) is 0 Å². The van der Waals surface area contributed by atoms with Crippen LogP contribution in [0.1, 0.15) is 42.0 Å². The number of rotatable bonds is 3. The predicted molar refractivity (Wildman–Crippen MR) is 93.3 cm³/mol. The number of benzene rings is 1. The third kappa shape index (κ3) is 2.42. The molecule has 1 aromatic carbocycles. The summed E-state index contributed by atoms with van der Waals surface area (Å²) in [5, 5.41) is 2.72. The Balaban J connectivity index is 1.61. The van der Waals surface area contributed by atoms with Gasteiger partial charge < -0.3 is 9.88 Å². The summed E-state index contributed by atoms with van der Waals surface area (Å²) in [6.07, 6.45) is 2.83. The highest BCUT2D eigenvalue weighted by Gasteiger charge is 2.38. The zero-order chi connectivity index (χ0) is 18.7. The maximum atomic E-state index is 12.6. The van der Waals surface area contributed by atoms with Crippen molar-refractivity contribution in [3.8, 4) is 0 Å². The minimum atomic E-state index is -4.02. The summed E-state index contributed by atoms with van der Waals surface area (Å²) in [4.78, 5) is 28.6. The average molecular weight is 374 g/mol. The highest BCUT2D eigenvalue weighted by atomic mass is 32.2. The van der Waals surface area contributed by atoms with Crippen LogP contribution in [-0.4, -0.2) is 29.8 Å². The van der Waals surface area contributed by atoms with Crippen molar-refractivity contribution in [1.82, 2.24) is 14.3 Å². The minimum absolute atomic E-state index is 0.00561. The van der Waals surface area contributed by atoms with Gasteiger partial charge in [0, 0.05) is 24.2 Å². The van der Waals surface area contributed by atoms with Gasteiger partial charge in [-0.2, -0.15) is 8.42 Å². The topological polar surface area (TPSA) is 110 Å². The fourth-order valence-electron chi connectivity index (χ4n) is 3.41. The van der Waals surface area contributed by atoms with Gasteiger partial charge in [-0.05, 0) is 38.0 Å². The van der Waals surface area contributed by atoms with Crippen LogP contribution >= 0.6 is 0 Å². The number of sulfonamides is 1. The van der Waals surface area contributed by atoms with Gasteiger partial charge in [0.25, 0.3) is 15.9 Å².